The van der Waals surface area contributed by atoms with Gasteiger partial charge in [-0.3, -0.25) is 19.7 Å². The van der Waals surface area contributed by atoms with Gasteiger partial charge in [0, 0.05) is 56.6 Å². The van der Waals surface area contributed by atoms with Gasteiger partial charge in [-0.1, -0.05) is 65.0 Å². The summed E-state index contributed by atoms with van der Waals surface area (Å²) < 4.78 is 5.45. The number of nitrogens with zero attached hydrogens (tertiary/aromatic N) is 3. The summed E-state index contributed by atoms with van der Waals surface area (Å²) >= 11 is 0. The maximum Gasteiger partial charge on any atom is 0.230 e. The minimum absolute atomic E-state index is 0.0471. The number of hydrogen-bond donors (Lipinski definition) is 5. The van der Waals surface area contributed by atoms with E-state index in [1.54, 1.807) is 7.11 Å². The minimum Gasteiger partial charge on any atom is -0.497 e. The van der Waals surface area contributed by atoms with Crippen LogP contribution >= 0.6 is 0 Å². The summed E-state index contributed by atoms with van der Waals surface area (Å²) in [6.45, 7) is 15.1. The van der Waals surface area contributed by atoms with Crippen molar-refractivity contribution < 1.29 is 19.5 Å². The molecule has 11 nitrogen and oxygen atoms in total. The molecule has 0 saturated carbocycles. The third-order valence-electron chi connectivity index (χ3n) is 7.51. The molecule has 2 amide bonds. The fourth-order valence-electron chi connectivity index (χ4n) is 6.07. The molecular weight excluding hydrogens is 570 g/mol. The molecule has 0 atom stereocenters. The lowest BCUT2D eigenvalue weighted by Gasteiger charge is -2.32. The zero-order valence-electron chi connectivity index (χ0n) is 27.7. The summed E-state index contributed by atoms with van der Waals surface area (Å²) in [5.41, 5.74) is 3.56. The zero-order chi connectivity index (χ0) is 32.9. The smallest absolute Gasteiger partial charge is 0.230 e. The van der Waals surface area contributed by atoms with E-state index in [9.17, 15) is 4.79 Å². The van der Waals surface area contributed by atoms with E-state index >= 15 is 0 Å². The molecule has 0 radical (unpaired) electrons. The van der Waals surface area contributed by atoms with Gasteiger partial charge in [-0.25, -0.2) is 10.5 Å². The number of carbonyl (C=O) groups is 2. The Kier molecular flexibility index (Phi) is 13.4. The Hall–Kier alpha value is -3.96. The molecule has 1 fully saturated rings. The standard InChI is InChI=1S/C33H48N6O2.CH3NO2/c1-32(2,3)23-33(4,5)21-29(40)34-16-17-35-31-37-28-20-26(41-6)12-13-27(28)30(38-31)36-25-14-18-39(19-15-25)22-24-10-8-7-9-11-24;3-1-2-4/h7-13,20,25H,14-19,21-23H2,1-6H3,(H,34,40)(H2,35,36,37,38);1,4H,(H,2,3). The summed E-state index contributed by atoms with van der Waals surface area (Å²) in [6.07, 6.45) is 3.78. The number of nitrogens with one attached hydrogen (secondary N) is 4. The fourth-order valence-corrected chi connectivity index (χ4v) is 6.07. The van der Waals surface area contributed by atoms with Crippen LogP contribution in [0.2, 0.25) is 0 Å². The van der Waals surface area contributed by atoms with E-state index in [4.69, 9.17) is 24.7 Å². The van der Waals surface area contributed by atoms with Gasteiger partial charge in [0.2, 0.25) is 18.3 Å². The van der Waals surface area contributed by atoms with E-state index in [0.29, 0.717) is 31.5 Å². The lowest BCUT2D eigenvalue weighted by molar-refractivity contribution is -0.123. The Balaban J connectivity index is 0.00000130. The predicted molar refractivity (Wildman–Crippen MR) is 179 cm³/mol. The van der Waals surface area contributed by atoms with Crippen molar-refractivity contribution in [1.29, 1.82) is 0 Å². The third-order valence-corrected chi connectivity index (χ3v) is 7.51. The summed E-state index contributed by atoms with van der Waals surface area (Å²) in [7, 11) is 1.66. The summed E-state index contributed by atoms with van der Waals surface area (Å²) in [6, 6.07) is 16.9. The molecule has 5 N–H and O–H groups in total. The quantitative estimate of drug-likeness (QED) is 0.0752. The van der Waals surface area contributed by atoms with Crippen LogP contribution in [-0.2, 0) is 16.1 Å². The number of hydrogen-bond acceptors (Lipinski definition) is 9. The van der Waals surface area contributed by atoms with Gasteiger partial charge in [0.25, 0.3) is 0 Å². The van der Waals surface area contributed by atoms with Gasteiger partial charge in [0.05, 0.1) is 12.6 Å². The third kappa shape index (κ3) is 12.5. The monoisotopic (exact) mass is 621 g/mol. The number of benzene rings is 2. The maximum absolute atomic E-state index is 12.6. The van der Waals surface area contributed by atoms with E-state index in [0.717, 1.165) is 61.4 Å². The van der Waals surface area contributed by atoms with Crippen molar-refractivity contribution in [2.75, 3.05) is 43.9 Å². The molecule has 0 spiro atoms. The van der Waals surface area contributed by atoms with Crippen LogP contribution in [0.3, 0.4) is 0 Å². The molecule has 45 heavy (non-hydrogen) atoms. The van der Waals surface area contributed by atoms with Crippen LogP contribution in [0.15, 0.2) is 48.5 Å². The first-order chi connectivity index (χ1) is 21.4. The van der Waals surface area contributed by atoms with Gasteiger partial charge in [0.15, 0.2) is 0 Å². The average molecular weight is 622 g/mol. The maximum atomic E-state index is 12.6. The van der Waals surface area contributed by atoms with Crippen molar-refractivity contribution >= 4 is 35.0 Å². The van der Waals surface area contributed by atoms with Crippen LogP contribution in [0.1, 0.15) is 65.9 Å². The van der Waals surface area contributed by atoms with Crippen LogP contribution < -0.4 is 26.2 Å². The highest BCUT2D eigenvalue weighted by molar-refractivity contribution is 5.91. The SMILES string of the molecule is COc1ccc2c(NC3CCN(Cc4ccccc4)CC3)nc(NCCNC(=O)CC(C)(C)CC(C)(C)C)nc2c1.O=CNO. The number of fused-ring (bicyclic) bond motifs is 1. The Morgan fingerprint density at radius 1 is 1.04 bits per heavy atom. The van der Waals surface area contributed by atoms with Gasteiger partial charge < -0.3 is 20.7 Å². The molecule has 1 aromatic heterocycles. The molecular formula is C34H51N7O4. The second kappa shape index (κ2) is 16.9. The Morgan fingerprint density at radius 2 is 1.73 bits per heavy atom. The summed E-state index contributed by atoms with van der Waals surface area (Å²) in [5, 5.41) is 18.3. The van der Waals surface area contributed by atoms with E-state index in [2.05, 4.69) is 85.8 Å². The molecule has 1 aliphatic rings. The number of amides is 2. The highest BCUT2D eigenvalue weighted by Gasteiger charge is 2.28. The van der Waals surface area contributed by atoms with Gasteiger partial charge in [0.1, 0.15) is 11.6 Å². The summed E-state index contributed by atoms with van der Waals surface area (Å²) in [4.78, 5) is 33.5. The molecule has 246 valence electrons. The molecule has 4 rings (SSSR count). The molecule has 0 bridgehead atoms. The minimum atomic E-state index is -0.0471. The summed E-state index contributed by atoms with van der Waals surface area (Å²) in [5.74, 6) is 2.20. The van der Waals surface area contributed by atoms with E-state index < -0.39 is 0 Å². The number of anilines is 2. The van der Waals surface area contributed by atoms with Crippen molar-refractivity contribution in [3.8, 4) is 5.75 Å². The number of carbonyl (C=O) groups excluding carboxylic acids is 2. The topological polar surface area (TPSA) is 141 Å². The largest absolute Gasteiger partial charge is 0.497 e. The number of piperidine rings is 1. The number of likely N-dealkylation sites (tertiary alicyclic amines) is 1. The number of methoxy groups -OCH3 is 1. The molecule has 2 heterocycles. The van der Waals surface area contributed by atoms with E-state index in [-0.39, 0.29) is 23.1 Å². The van der Waals surface area contributed by atoms with Crippen LogP contribution in [0.5, 0.6) is 5.75 Å². The Bertz CT molecular complexity index is 1350. The van der Waals surface area contributed by atoms with Crippen LogP contribution in [0.25, 0.3) is 10.9 Å². The highest BCUT2D eigenvalue weighted by atomic mass is 16.5. The fraction of sp³-hybridized carbons (Fsp3) is 0.529. The lowest BCUT2D eigenvalue weighted by atomic mass is 9.74. The zero-order valence-corrected chi connectivity index (χ0v) is 27.7. The van der Waals surface area contributed by atoms with Crippen molar-refractivity contribution in [3.63, 3.8) is 0 Å². The van der Waals surface area contributed by atoms with Crippen LogP contribution in [0.4, 0.5) is 11.8 Å². The lowest BCUT2D eigenvalue weighted by Crippen LogP contribution is -2.38. The van der Waals surface area contributed by atoms with Crippen LogP contribution in [0, 0.1) is 10.8 Å². The number of rotatable bonds is 13. The van der Waals surface area contributed by atoms with Gasteiger partial charge >= 0.3 is 0 Å². The van der Waals surface area contributed by atoms with Crippen LogP contribution in [-0.4, -0.2) is 71.7 Å². The molecule has 3 aromatic rings. The Morgan fingerprint density at radius 3 is 2.36 bits per heavy atom. The van der Waals surface area contributed by atoms with Gasteiger partial charge in [-0.05, 0) is 47.8 Å². The normalized spacial score (nSPS) is 14.2. The van der Waals surface area contributed by atoms with Crippen molar-refractivity contribution in [1.82, 2.24) is 25.7 Å². The first kappa shape index (κ1) is 35.5. The molecule has 1 aliphatic heterocycles. The number of ether oxygens (including phenoxy) is 1. The van der Waals surface area contributed by atoms with Crippen molar-refractivity contribution in [2.45, 2.75) is 72.9 Å². The van der Waals surface area contributed by atoms with E-state index in [1.807, 2.05) is 18.2 Å². The second-order valence-electron chi connectivity index (χ2n) is 13.6. The molecule has 2 aromatic carbocycles. The van der Waals surface area contributed by atoms with E-state index in [1.165, 1.54) is 11.0 Å². The Labute approximate surface area is 267 Å². The molecule has 0 aliphatic carbocycles. The second-order valence-corrected chi connectivity index (χ2v) is 13.6. The highest BCUT2D eigenvalue weighted by Crippen LogP contribution is 2.35. The van der Waals surface area contributed by atoms with Crippen molar-refractivity contribution in [2.24, 2.45) is 10.8 Å². The molecule has 1 saturated heterocycles. The number of aromatic nitrogens is 2. The van der Waals surface area contributed by atoms with Crippen molar-refractivity contribution in [3.05, 3.63) is 54.1 Å². The first-order valence-electron chi connectivity index (χ1n) is 15.6. The number of hydroxylamine groups is 1. The predicted octanol–water partition coefficient (Wildman–Crippen LogP) is 5.22. The average Bonchev–Trinajstić information content (AvgIpc) is 2.99. The molecule has 0 unspecified atom stereocenters. The first-order valence-corrected chi connectivity index (χ1v) is 15.6. The van der Waals surface area contributed by atoms with Gasteiger partial charge in [-0.2, -0.15) is 4.98 Å². The molecule has 11 heteroatoms. The van der Waals surface area contributed by atoms with Gasteiger partial charge in [-0.15, -0.1) is 0 Å².